The SMILES string of the molecule is C=C1Cc2ccc(C(C)(C)C)cc2NC(C(C)(C)C)C1.CC(C)(C)C1=CC2C=NC(C(C)(C)C)=NC2N1.CC(C)(C)C1=CN2NC(C(C)(C)C)=CC2C=C1.CC(C)(C)c1ccc2c(c1)N(C(C)(C)C)CCC(=O)C2.CC(C)(C)c1ccc2c(c1)NC(C(C)(C)C)CCC2=O.CC(C)(C)c1ccc2c(c1)NC(C(C)(C)C)CCO2.CC(C)(C)c1ccc2cc(C(C)(C)C)[nH]c2n1.CC(C)(C)c1ccn2cc(C(C)(C)C)nc2c1. The van der Waals surface area contributed by atoms with Crippen molar-refractivity contribution >= 4 is 63.0 Å². The van der Waals surface area contributed by atoms with Crippen LogP contribution in [0.4, 0.5) is 22.7 Å². The quantitative estimate of drug-likeness (QED) is 0.0792. The van der Waals surface area contributed by atoms with Crippen LogP contribution in [0.3, 0.4) is 0 Å². The maximum absolute atomic E-state index is 12.3. The number of ketones is 2. The number of hydrogen-bond donors (Lipinski definition) is 6. The van der Waals surface area contributed by atoms with E-state index in [2.05, 4.69) is 530 Å². The monoisotopic (exact) mass is 2000 g/mol. The zero-order valence-corrected chi connectivity index (χ0v) is 101. The normalized spacial score (nSPS) is 19.5. The first kappa shape index (κ1) is 121. The van der Waals surface area contributed by atoms with Crippen LogP contribution < -0.4 is 36.3 Å². The highest BCUT2D eigenvalue weighted by Gasteiger charge is 2.40. The number of hydrazine groups is 1. The number of ether oxygens (including phenoxy) is 1. The van der Waals surface area contributed by atoms with Crippen LogP contribution in [-0.4, -0.2) is 97.0 Å². The van der Waals surface area contributed by atoms with Crippen molar-refractivity contribution in [3.8, 4) is 5.75 Å². The molecule has 0 fully saturated rings. The van der Waals surface area contributed by atoms with Crippen LogP contribution in [0.1, 0.15) is 431 Å². The topological polar surface area (TPSA) is 181 Å². The van der Waals surface area contributed by atoms with E-state index in [9.17, 15) is 9.59 Å². The minimum Gasteiger partial charge on any atom is -0.491 e. The van der Waals surface area contributed by atoms with E-state index < -0.39 is 0 Å². The second-order valence-corrected chi connectivity index (χ2v) is 59.5. The molecule has 0 spiro atoms. The molecule has 16 rings (SSSR count). The van der Waals surface area contributed by atoms with E-state index in [1.807, 2.05) is 12.3 Å². The predicted molar refractivity (Wildman–Crippen MR) is 635 cm³/mol. The molecule has 0 amide bonds. The van der Waals surface area contributed by atoms with E-state index in [-0.39, 0.29) is 98.7 Å². The number of rotatable bonds is 0. The first-order valence-corrected chi connectivity index (χ1v) is 54.9. The molecule has 8 aromatic rings. The Kier molecular flexibility index (Phi) is 36.5. The van der Waals surface area contributed by atoms with Gasteiger partial charge in [-0.05, 0) is 206 Å². The average Bonchev–Trinajstić information content (AvgIpc) is 1.80. The molecule has 12 heterocycles. The van der Waals surface area contributed by atoms with Crippen LogP contribution in [0.15, 0.2) is 185 Å². The van der Waals surface area contributed by atoms with Gasteiger partial charge in [0.05, 0.1) is 29.9 Å². The minimum atomic E-state index is 0.0215. The highest BCUT2D eigenvalue weighted by molar-refractivity contribution is 6.02. The van der Waals surface area contributed by atoms with Crippen molar-refractivity contribution in [2.24, 2.45) is 53.8 Å². The van der Waals surface area contributed by atoms with Crippen molar-refractivity contribution in [1.29, 1.82) is 0 Å². The van der Waals surface area contributed by atoms with Gasteiger partial charge in [-0.2, -0.15) is 0 Å². The number of aromatic amines is 1. The standard InChI is InChI=1S/C19H29N.2C18H27NO.C17H27NO.C15H24N2.2C15H22N2.C14H23N3/c1-13-10-14-8-9-15(18(2,3)4)12-16(14)20-17(11-13)19(5,6)7;1-17(2,3)14-8-7-13-11-15(20)9-10-19(16(13)12-14)18(4,5)6;1-17(2,3)12-7-8-13-14(11-12)19-16(18(4,5)6)10-9-15(13)20;1-16(2,3)12-7-8-14-13(11-12)18-15(9-10-19-14)17(4,5)6;1-14(2,3)11-7-8-12-9-13(15(4,5)6)16-17(12)10-11;1-14(2,3)11-7-8-17-10-12(15(4,5)6)16-13(17)9-11;1-14(2,3)11-8-7-10-9-12(15(4,5)6)17-13(10)16-11;1-13(2,3)10-7-9-8-15-12(14(4,5)6)17-11(9)16-10/h8-9,12,17,20H,1,10-11H2,2-7H3;7-8,12H,9-11H2,1-6H3;7-8,11,16,19H,9-10H2,1-6H3;7-8,11,15,18H,9-10H2,1-6H3;7-10,12,16H,1-6H3;7-10H,1-6H3;7-9H,1-6H3,(H,16,17);7-9,11,16H,1-6H3. The second kappa shape index (κ2) is 44.5. The average molecular weight is 2010 g/mol. The van der Waals surface area contributed by atoms with Gasteiger partial charge >= 0.3 is 0 Å². The van der Waals surface area contributed by atoms with Gasteiger partial charge in [0.15, 0.2) is 5.78 Å². The number of nitrogens with zero attached hydrogens (tertiary/aromatic N) is 7. The van der Waals surface area contributed by atoms with Gasteiger partial charge in [0.25, 0.3) is 0 Å². The van der Waals surface area contributed by atoms with Crippen molar-refractivity contribution in [1.82, 2.24) is 35.1 Å². The Bertz CT molecular complexity index is 5900. The Hall–Kier alpha value is -9.96. The number of H-pyrrole nitrogens is 1. The molecule has 4 aromatic heterocycles. The van der Waals surface area contributed by atoms with Crippen molar-refractivity contribution in [3.05, 3.63) is 237 Å². The molecule has 0 bridgehead atoms. The largest absolute Gasteiger partial charge is 0.491 e. The van der Waals surface area contributed by atoms with Crippen LogP contribution in [0, 0.1) is 43.8 Å². The highest BCUT2D eigenvalue weighted by atomic mass is 16.5. The van der Waals surface area contributed by atoms with Gasteiger partial charge in [-0.25, -0.2) is 20.0 Å². The fraction of sp³-hybridized carbons (Fsp3) is 0.603. The lowest BCUT2D eigenvalue weighted by Crippen LogP contribution is -2.42. The summed E-state index contributed by atoms with van der Waals surface area (Å²) in [5, 5.41) is 18.0. The Labute approximate surface area is 893 Å². The number of imidazole rings is 1. The summed E-state index contributed by atoms with van der Waals surface area (Å²) in [4.78, 5) is 48.8. The van der Waals surface area contributed by atoms with Crippen molar-refractivity contribution in [2.45, 2.75) is 456 Å². The fourth-order valence-electron chi connectivity index (χ4n) is 18.3. The number of carbonyl (C=O) groups excluding carboxylic acids is 2. The zero-order chi connectivity index (χ0) is 111. The molecule has 147 heavy (non-hydrogen) atoms. The number of fused-ring (bicyclic) bond motifs is 8. The number of nitrogens with one attached hydrogen (secondary N) is 6. The number of aliphatic imine (C=N–C) groups is 2. The third-order valence-corrected chi connectivity index (χ3v) is 29.1. The lowest BCUT2D eigenvalue weighted by Gasteiger charge is -2.38. The van der Waals surface area contributed by atoms with Crippen molar-refractivity contribution < 1.29 is 14.3 Å². The predicted octanol–water partition coefficient (Wildman–Crippen LogP) is 33.5. The smallest absolute Gasteiger partial charge is 0.165 e. The molecule has 6 atom stereocenters. The van der Waals surface area contributed by atoms with E-state index in [1.165, 1.54) is 83.9 Å². The minimum absolute atomic E-state index is 0.0215. The summed E-state index contributed by atoms with van der Waals surface area (Å²) in [7, 11) is 0. The molecule has 808 valence electrons. The van der Waals surface area contributed by atoms with E-state index in [1.54, 1.807) is 0 Å². The number of pyridine rings is 2. The molecule has 6 unspecified atom stereocenters. The summed E-state index contributed by atoms with van der Waals surface area (Å²) in [6.45, 7) is 113. The van der Waals surface area contributed by atoms with Gasteiger partial charge in [-0.15, -0.1) is 0 Å². The van der Waals surface area contributed by atoms with E-state index in [0.717, 1.165) is 90.0 Å². The number of hydrogen-bond acceptors (Lipinski definition) is 14. The number of carbonyl (C=O) groups is 2. The fourth-order valence-corrected chi connectivity index (χ4v) is 18.3. The summed E-state index contributed by atoms with van der Waals surface area (Å²) in [5.41, 5.74) is 31.5. The van der Waals surface area contributed by atoms with Gasteiger partial charge in [0.2, 0.25) is 0 Å². The van der Waals surface area contributed by atoms with Gasteiger partial charge in [0, 0.05) is 164 Å². The van der Waals surface area contributed by atoms with E-state index >= 15 is 0 Å². The first-order chi connectivity index (χ1) is 66.6. The summed E-state index contributed by atoms with van der Waals surface area (Å²) in [6, 6.07) is 38.8. The zero-order valence-electron chi connectivity index (χ0n) is 101. The molecule has 0 aliphatic carbocycles. The number of aromatic nitrogens is 4. The molecule has 0 saturated heterocycles. The molecular weight excluding hydrogens is 1800 g/mol. The van der Waals surface area contributed by atoms with Gasteiger partial charge in [0.1, 0.15) is 34.8 Å². The van der Waals surface area contributed by atoms with Crippen molar-refractivity contribution in [3.63, 3.8) is 0 Å². The summed E-state index contributed by atoms with van der Waals surface area (Å²) < 4.78 is 7.99. The molecule has 0 saturated carbocycles. The molecule has 16 nitrogen and oxygen atoms in total. The third-order valence-electron chi connectivity index (χ3n) is 29.1. The molecule has 16 heteroatoms. The van der Waals surface area contributed by atoms with Gasteiger partial charge < -0.3 is 45.7 Å². The second-order valence-electron chi connectivity index (χ2n) is 59.5. The van der Waals surface area contributed by atoms with Crippen LogP contribution in [0.25, 0.3) is 16.7 Å². The Morgan fingerprint density at radius 2 is 0.946 bits per heavy atom. The number of allylic oxidation sites excluding steroid dienone is 4. The molecule has 0 radical (unpaired) electrons. The number of amidine groups is 1. The van der Waals surface area contributed by atoms with Crippen LogP contribution in [-0.2, 0) is 61.0 Å². The molecule has 4 aromatic carbocycles. The lowest BCUT2D eigenvalue weighted by atomic mass is 9.83. The molecule has 6 N–H and O–H groups in total. The van der Waals surface area contributed by atoms with Crippen LogP contribution in [0.2, 0.25) is 0 Å². The Morgan fingerprint density at radius 1 is 0.435 bits per heavy atom. The molecule has 8 aliphatic heterocycles. The summed E-state index contributed by atoms with van der Waals surface area (Å²) in [5.74, 6) is 2.85. The first-order valence-electron chi connectivity index (χ1n) is 54.9. The maximum atomic E-state index is 12.3. The van der Waals surface area contributed by atoms with Gasteiger partial charge in [-0.1, -0.05) is 378 Å². The highest BCUT2D eigenvalue weighted by Crippen LogP contribution is 2.45. The van der Waals surface area contributed by atoms with E-state index in [4.69, 9.17) is 19.7 Å². The van der Waals surface area contributed by atoms with Crippen LogP contribution in [0.5, 0.6) is 5.75 Å². The molecule has 8 aliphatic rings. The number of Topliss-reactive ketones (excluding diaryl/α,β-unsaturated/α-hetero) is 2. The van der Waals surface area contributed by atoms with Crippen LogP contribution >= 0.6 is 0 Å². The Morgan fingerprint density at radius 3 is 1.47 bits per heavy atom. The lowest BCUT2D eigenvalue weighted by molar-refractivity contribution is -0.118. The summed E-state index contributed by atoms with van der Waals surface area (Å²) in [6.07, 6.45) is 23.6. The van der Waals surface area contributed by atoms with Crippen molar-refractivity contribution in [2.75, 3.05) is 34.0 Å². The number of benzene rings is 4. The number of anilines is 4. The van der Waals surface area contributed by atoms with E-state index in [0.29, 0.717) is 55.1 Å². The Balaban J connectivity index is 0.000000187. The maximum Gasteiger partial charge on any atom is 0.165 e. The summed E-state index contributed by atoms with van der Waals surface area (Å²) >= 11 is 0. The van der Waals surface area contributed by atoms with Gasteiger partial charge in [-0.3, -0.25) is 14.6 Å². The third kappa shape index (κ3) is 33.5. The molecular formula is C131H201N13O3.